The predicted octanol–water partition coefficient (Wildman–Crippen LogP) is 6.06. The molecule has 2 N–H and O–H groups in total. The van der Waals surface area contributed by atoms with Crippen LogP contribution in [0.2, 0.25) is 0 Å². The van der Waals surface area contributed by atoms with Gasteiger partial charge in [-0.05, 0) is 26.7 Å². The van der Waals surface area contributed by atoms with Gasteiger partial charge in [0.25, 0.3) is 0 Å². The molecule has 4 atom stereocenters. The van der Waals surface area contributed by atoms with Gasteiger partial charge in [0.2, 0.25) is 0 Å². The van der Waals surface area contributed by atoms with E-state index in [-0.39, 0.29) is 23.8 Å². The molecule has 0 bridgehead atoms. The molecule has 8 nitrogen and oxygen atoms in total. The summed E-state index contributed by atoms with van der Waals surface area (Å²) in [4.78, 5) is 34.0. The van der Waals surface area contributed by atoms with E-state index < -0.39 is 11.2 Å². The van der Waals surface area contributed by atoms with Crippen molar-refractivity contribution < 1.29 is 19.1 Å². The van der Waals surface area contributed by atoms with E-state index in [9.17, 15) is 9.59 Å². The van der Waals surface area contributed by atoms with E-state index in [2.05, 4.69) is 24.5 Å². The lowest BCUT2D eigenvalue weighted by atomic mass is 9.90. The number of nitrogens with zero attached hydrogens (tertiary/aromatic N) is 2. The van der Waals surface area contributed by atoms with E-state index in [1.165, 1.54) is 22.7 Å². The third kappa shape index (κ3) is 6.02. The molecule has 0 amide bonds. The fourth-order valence-corrected chi connectivity index (χ4v) is 6.71. The minimum atomic E-state index is -0.642. The SMILES string of the molecule is CCCC[C@@H]1C[C@](C)(c2csc(NCCNc3nc([C@@]4(C)C[C@H](CCCC)C(=O)O4)cs3)n2)OC1=O. The summed E-state index contributed by atoms with van der Waals surface area (Å²) in [6.07, 6.45) is 7.37. The highest BCUT2D eigenvalue weighted by Gasteiger charge is 2.46. The Morgan fingerprint density at radius 2 is 1.25 bits per heavy atom. The number of hydrogen-bond acceptors (Lipinski definition) is 10. The smallest absolute Gasteiger partial charge is 0.310 e. The second kappa shape index (κ2) is 11.5. The lowest BCUT2D eigenvalue weighted by Crippen LogP contribution is -2.22. The molecule has 4 heterocycles. The highest BCUT2D eigenvalue weighted by Crippen LogP contribution is 2.43. The van der Waals surface area contributed by atoms with Crippen LogP contribution in [0, 0.1) is 11.8 Å². The normalized spacial score (nSPS) is 27.8. The first-order chi connectivity index (χ1) is 17.3. The minimum absolute atomic E-state index is 0.0299. The quantitative estimate of drug-likeness (QED) is 0.236. The Kier molecular flexibility index (Phi) is 8.55. The summed E-state index contributed by atoms with van der Waals surface area (Å²) in [6, 6.07) is 0. The number of anilines is 2. The molecule has 0 radical (unpaired) electrons. The van der Waals surface area contributed by atoms with Crippen molar-refractivity contribution in [2.75, 3.05) is 23.7 Å². The van der Waals surface area contributed by atoms with Crippen LogP contribution < -0.4 is 10.6 Å². The minimum Gasteiger partial charge on any atom is -0.453 e. The maximum Gasteiger partial charge on any atom is 0.310 e. The number of aromatic nitrogens is 2. The molecule has 0 spiro atoms. The number of ether oxygens (including phenoxy) is 2. The van der Waals surface area contributed by atoms with E-state index in [1.54, 1.807) is 0 Å². The number of carbonyl (C=O) groups excluding carboxylic acids is 2. The summed E-state index contributed by atoms with van der Waals surface area (Å²) in [6.45, 7) is 9.54. The van der Waals surface area contributed by atoms with Gasteiger partial charge in [-0.15, -0.1) is 22.7 Å². The number of rotatable bonds is 13. The molecule has 0 aromatic carbocycles. The molecule has 2 saturated heterocycles. The number of thiazole rings is 2. The lowest BCUT2D eigenvalue weighted by molar-refractivity contribution is -0.151. The van der Waals surface area contributed by atoms with Crippen molar-refractivity contribution in [2.45, 2.75) is 90.3 Å². The Bertz CT molecular complexity index is 974. The van der Waals surface area contributed by atoms with Gasteiger partial charge in [-0.3, -0.25) is 9.59 Å². The summed E-state index contributed by atoms with van der Waals surface area (Å²) < 4.78 is 11.5. The molecule has 2 aliphatic rings. The topological polar surface area (TPSA) is 102 Å². The average Bonchev–Trinajstić information content (AvgIpc) is 3.62. The Morgan fingerprint density at radius 3 is 1.64 bits per heavy atom. The fraction of sp³-hybridized carbons (Fsp3) is 0.692. The first kappa shape index (κ1) is 26.9. The molecule has 4 rings (SSSR count). The van der Waals surface area contributed by atoms with E-state index >= 15 is 0 Å². The first-order valence-electron chi connectivity index (χ1n) is 13.1. The molecular weight excluding hydrogens is 496 g/mol. The summed E-state index contributed by atoms with van der Waals surface area (Å²) in [7, 11) is 0. The summed E-state index contributed by atoms with van der Waals surface area (Å²) >= 11 is 3.05. The zero-order valence-electron chi connectivity index (χ0n) is 21.7. The van der Waals surface area contributed by atoms with E-state index in [4.69, 9.17) is 19.4 Å². The molecule has 2 aliphatic heterocycles. The Labute approximate surface area is 221 Å². The average molecular weight is 535 g/mol. The largest absolute Gasteiger partial charge is 0.453 e. The van der Waals surface area contributed by atoms with Gasteiger partial charge in [-0.1, -0.05) is 39.5 Å². The fourth-order valence-electron chi connectivity index (χ4n) is 4.99. The van der Waals surface area contributed by atoms with Crippen LogP contribution in [0.3, 0.4) is 0 Å². The van der Waals surface area contributed by atoms with Crippen molar-refractivity contribution in [1.82, 2.24) is 9.97 Å². The second-order valence-corrected chi connectivity index (χ2v) is 12.0. The maximum atomic E-state index is 12.3. The van der Waals surface area contributed by atoms with Crippen molar-refractivity contribution in [3.05, 3.63) is 22.1 Å². The molecule has 2 aromatic heterocycles. The van der Waals surface area contributed by atoms with Crippen LogP contribution in [0.5, 0.6) is 0 Å². The molecule has 10 heteroatoms. The zero-order chi connectivity index (χ0) is 25.8. The van der Waals surface area contributed by atoms with Gasteiger partial charge in [0.1, 0.15) is 0 Å². The van der Waals surface area contributed by atoms with Crippen LogP contribution in [-0.4, -0.2) is 35.0 Å². The van der Waals surface area contributed by atoms with Gasteiger partial charge < -0.3 is 20.1 Å². The highest BCUT2D eigenvalue weighted by atomic mass is 32.1. The first-order valence-corrected chi connectivity index (χ1v) is 14.9. The van der Waals surface area contributed by atoms with Gasteiger partial charge in [0.05, 0.1) is 23.2 Å². The van der Waals surface area contributed by atoms with Gasteiger partial charge in [0, 0.05) is 36.7 Å². The number of esters is 2. The summed E-state index contributed by atoms with van der Waals surface area (Å²) in [5, 5.41) is 12.3. The van der Waals surface area contributed by atoms with Gasteiger partial charge in [0.15, 0.2) is 21.5 Å². The zero-order valence-corrected chi connectivity index (χ0v) is 23.4. The molecule has 0 unspecified atom stereocenters. The molecule has 0 saturated carbocycles. The van der Waals surface area contributed by atoms with Crippen molar-refractivity contribution in [1.29, 1.82) is 0 Å². The van der Waals surface area contributed by atoms with Crippen molar-refractivity contribution in [3.8, 4) is 0 Å². The van der Waals surface area contributed by atoms with Crippen LogP contribution in [-0.2, 0) is 30.3 Å². The van der Waals surface area contributed by atoms with E-state index in [0.29, 0.717) is 25.9 Å². The Balaban J connectivity index is 1.24. The molecular formula is C26H38N4O4S2. The number of cyclic esters (lactones) is 2. The van der Waals surface area contributed by atoms with Crippen molar-refractivity contribution in [2.24, 2.45) is 11.8 Å². The molecule has 36 heavy (non-hydrogen) atoms. The van der Waals surface area contributed by atoms with Crippen LogP contribution in [0.25, 0.3) is 0 Å². The lowest BCUT2D eigenvalue weighted by Gasteiger charge is -2.20. The number of unbranched alkanes of at least 4 members (excludes halogenated alkanes) is 2. The summed E-state index contributed by atoms with van der Waals surface area (Å²) in [5.74, 6) is -0.258. The van der Waals surface area contributed by atoms with E-state index in [0.717, 1.165) is 60.2 Å². The number of carbonyl (C=O) groups is 2. The Hall–Kier alpha value is -2.20. The van der Waals surface area contributed by atoms with Crippen molar-refractivity contribution in [3.63, 3.8) is 0 Å². The molecule has 2 fully saturated rings. The standard InChI is InChI=1S/C26H38N4O4S2/c1-5-7-9-17-13-25(3,33-21(17)31)19-15-35-23(29-19)27-11-12-28-24-30-20(16-36-24)26(4)14-18(10-8-6-2)22(32)34-26/h15-18H,5-14H2,1-4H3,(H,27,29)(H,28,30)/t17-,18+,25-,26-/m1/s1. The Morgan fingerprint density at radius 1 is 0.833 bits per heavy atom. The molecule has 198 valence electrons. The van der Waals surface area contributed by atoms with Crippen LogP contribution in [0.15, 0.2) is 10.8 Å². The van der Waals surface area contributed by atoms with Gasteiger partial charge in [-0.25, -0.2) is 9.97 Å². The van der Waals surface area contributed by atoms with Crippen molar-refractivity contribution >= 4 is 44.9 Å². The molecule has 0 aliphatic carbocycles. The highest BCUT2D eigenvalue weighted by molar-refractivity contribution is 7.14. The molecule has 2 aromatic rings. The van der Waals surface area contributed by atoms with Crippen LogP contribution in [0.1, 0.15) is 90.4 Å². The van der Waals surface area contributed by atoms with E-state index in [1.807, 2.05) is 24.6 Å². The monoisotopic (exact) mass is 534 g/mol. The predicted molar refractivity (Wildman–Crippen MR) is 143 cm³/mol. The van der Waals surface area contributed by atoms with Crippen LogP contribution >= 0.6 is 22.7 Å². The summed E-state index contributed by atoms with van der Waals surface area (Å²) in [5.41, 5.74) is 0.348. The third-order valence-electron chi connectivity index (χ3n) is 7.17. The van der Waals surface area contributed by atoms with Gasteiger partial charge in [-0.2, -0.15) is 0 Å². The van der Waals surface area contributed by atoms with Gasteiger partial charge >= 0.3 is 11.9 Å². The maximum absolute atomic E-state index is 12.3. The van der Waals surface area contributed by atoms with Crippen LogP contribution in [0.4, 0.5) is 10.3 Å². The third-order valence-corrected chi connectivity index (χ3v) is 8.77. The number of nitrogens with one attached hydrogen (secondary N) is 2. The second-order valence-electron chi connectivity index (χ2n) is 10.3. The number of hydrogen-bond donors (Lipinski definition) is 2.